The Morgan fingerprint density at radius 2 is 1.71 bits per heavy atom. The summed E-state index contributed by atoms with van der Waals surface area (Å²) in [7, 11) is 0. The van der Waals surface area contributed by atoms with Gasteiger partial charge in [-0.1, -0.05) is 18.2 Å². The predicted octanol–water partition coefficient (Wildman–Crippen LogP) is 4.63. The SMILES string of the molecule is CC(O)(Cc1cc(F)cc(F)c1)c1cc2ccccc2s1. The van der Waals surface area contributed by atoms with E-state index in [0.29, 0.717) is 5.56 Å². The lowest BCUT2D eigenvalue weighted by Gasteiger charge is -2.22. The summed E-state index contributed by atoms with van der Waals surface area (Å²) >= 11 is 1.49. The van der Waals surface area contributed by atoms with Crippen LogP contribution in [0, 0.1) is 11.6 Å². The Kier molecular flexibility index (Phi) is 3.51. The number of halogens is 2. The largest absolute Gasteiger partial charge is 0.384 e. The molecule has 1 N–H and O–H groups in total. The minimum Gasteiger partial charge on any atom is -0.384 e. The Morgan fingerprint density at radius 1 is 1.05 bits per heavy atom. The molecule has 3 aromatic rings. The highest BCUT2D eigenvalue weighted by atomic mass is 32.1. The van der Waals surface area contributed by atoms with Crippen molar-refractivity contribution < 1.29 is 13.9 Å². The van der Waals surface area contributed by atoms with Gasteiger partial charge >= 0.3 is 0 Å². The van der Waals surface area contributed by atoms with E-state index in [1.165, 1.54) is 23.5 Å². The smallest absolute Gasteiger partial charge is 0.126 e. The quantitative estimate of drug-likeness (QED) is 0.748. The third kappa shape index (κ3) is 2.96. The maximum absolute atomic E-state index is 13.3. The molecule has 0 saturated heterocycles. The van der Waals surface area contributed by atoms with Crippen molar-refractivity contribution in [2.75, 3.05) is 0 Å². The molecule has 0 radical (unpaired) electrons. The molecule has 0 fully saturated rings. The van der Waals surface area contributed by atoms with Gasteiger partial charge in [-0.05, 0) is 42.1 Å². The molecule has 0 bridgehead atoms. The summed E-state index contributed by atoms with van der Waals surface area (Å²) < 4.78 is 27.6. The van der Waals surface area contributed by atoms with Gasteiger partial charge in [-0.25, -0.2) is 8.78 Å². The van der Waals surface area contributed by atoms with E-state index in [9.17, 15) is 13.9 Å². The fourth-order valence-corrected chi connectivity index (χ4v) is 3.55. The zero-order chi connectivity index (χ0) is 15.0. The highest BCUT2D eigenvalue weighted by Crippen LogP contribution is 2.35. The standard InChI is InChI=1S/C17H14F2OS/c1-17(20,10-11-6-13(18)9-14(19)7-11)16-8-12-4-2-3-5-15(12)21-16/h2-9,20H,10H2,1H3. The van der Waals surface area contributed by atoms with Crippen LogP contribution >= 0.6 is 11.3 Å². The van der Waals surface area contributed by atoms with Crippen molar-refractivity contribution in [2.24, 2.45) is 0 Å². The summed E-state index contributed by atoms with van der Waals surface area (Å²) in [5.41, 5.74) is -0.723. The highest BCUT2D eigenvalue weighted by Gasteiger charge is 2.26. The normalized spacial score (nSPS) is 14.3. The second-order valence-electron chi connectivity index (χ2n) is 5.38. The van der Waals surface area contributed by atoms with Crippen LogP contribution in [0.4, 0.5) is 8.78 Å². The number of hydrogen-bond donors (Lipinski definition) is 1. The minimum atomic E-state index is -1.16. The second kappa shape index (κ2) is 5.20. The van der Waals surface area contributed by atoms with E-state index in [-0.39, 0.29) is 6.42 Å². The monoisotopic (exact) mass is 304 g/mol. The van der Waals surface area contributed by atoms with E-state index in [4.69, 9.17) is 0 Å². The number of benzene rings is 2. The van der Waals surface area contributed by atoms with Crippen LogP contribution in [0.2, 0.25) is 0 Å². The molecule has 4 heteroatoms. The third-order valence-electron chi connectivity index (χ3n) is 3.43. The van der Waals surface area contributed by atoms with Crippen molar-refractivity contribution in [2.45, 2.75) is 18.9 Å². The molecule has 21 heavy (non-hydrogen) atoms. The van der Waals surface area contributed by atoms with Crippen LogP contribution < -0.4 is 0 Å². The van der Waals surface area contributed by atoms with Crippen molar-refractivity contribution in [1.82, 2.24) is 0 Å². The predicted molar refractivity (Wildman–Crippen MR) is 81.5 cm³/mol. The van der Waals surface area contributed by atoms with Crippen LogP contribution in [0.25, 0.3) is 10.1 Å². The van der Waals surface area contributed by atoms with Gasteiger partial charge < -0.3 is 5.11 Å². The second-order valence-corrected chi connectivity index (χ2v) is 6.46. The topological polar surface area (TPSA) is 20.2 Å². The number of thiophene rings is 1. The van der Waals surface area contributed by atoms with Crippen molar-refractivity contribution in [1.29, 1.82) is 0 Å². The van der Waals surface area contributed by atoms with Gasteiger partial charge in [0.15, 0.2) is 0 Å². The van der Waals surface area contributed by atoms with Crippen molar-refractivity contribution in [3.8, 4) is 0 Å². The van der Waals surface area contributed by atoms with Gasteiger partial charge in [0.2, 0.25) is 0 Å². The van der Waals surface area contributed by atoms with Crippen LogP contribution in [0.5, 0.6) is 0 Å². The molecule has 0 spiro atoms. The Morgan fingerprint density at radius 3 is 2.38 bits per heavy atom. The van der Waals surface area contributed by atoms with Gasteiger partial charge in [-0.2, -0.15) is 0 Å². The molecule has 0 amide bonds. The van der Waals surface area contributed by atoms with Crippen LogP contribution in [-0.2, 0) is 12.0 Å². The molecule has 0 aliphatic rings. The first-order valence-corrected chi connectivity index (χ1v) is 7.42. The molecule has 1 atom stereocenters. The van der Waals surface area contributed by atoms with Gasteiger partial charge in [0.1, 0.15) is 11.6 Å². The van der Waals surface area contributed by atoms with E-state index in [1.807, 2.05) is 30.3 Å². The van der Waals surface area contributed by atoms with Crippen molar-refractivity contribution in [3.63, 3.8) is 0 Å². The Bertz CT molecular complexity index is 739. The van der Waals surface area contributed by atoms with E-state index < -0.39 is 17.2 Å². The van der Waals surface area contributed by atoms with Crippen LogP contribution in [0.3, 0.4) is 0 Å². The summed E-state index contributed by atoms with van der Waals surface area (Å²) in [4.78, 5) is 0.786. The minimum absolute atomic E-state index is 0.161. The third-order valence-corrected chi connectivity index (χ3v) is 4.80. The lowest BCUT2D eigenvalue weighted by Crippen LogP contribution is -2.23. The summed E-state index contributed by atoms with van der Waals surface area (Å²) in [6, 6.07) is 13.1. The molecule has 1 unspecified atom stereocenters. The summed E-state index contributed by atoms with van der Waals surface area (Å²) in [6.45, 7) is 1.67. The van der Waals surface area contributed by atoms with Crippen LogP contribution in [0.15, 0.2) is 48.5 Å². The average Bonchev–Trinajstić information content (AvgIpc) is 2.81. The van der Waals surface area contributed by atoms with E-state index >= 15 is 0 Å². The molecule has 2 aromatic carbocycles. The first kappa shape index (κ1) is 14.2. The van der Waals surface area contributed by atoms with E-state index in [1.54, 1.807) is 6.92 Å². The number of fused-ring (bicyclic) bond motifs is 1. The molecule has 0 aliphatic heterocycles. The lowest BCUT2D eigenvalue weighted by atomic mass is 9.94. The molecule has 1 aromatic heterocycles. The Hall–Kier alpha value is -1.78. The summed E-state index contributed by atoms with van der Waals surface area (Å²) in [6.07, 6.45) is 0.161. The molecular formula is C17H14F2OS. The average molecular weight is 304 g/mol. The summed E-state index contributed by atoms with van der Waals surface area (Å²) in [5.74, 6) is -1.26. The van der Waals surface area contributed by atoms with Gasteiger partial charge in [0.05, 0.1) is 5.60 Å². The molecule has 108 valence electrons. The number of aliphatic hydroxyl groups is 1. The van der Waals surface area contributed by atoms with Gasteiger partial charge in [0, 0.05) is 22.1 Å². The molecule has 0 aliphatic carbocycles. The van der Waals surface area contributed by atoms with Gasteiger partial charge in [-0.3, -0.25) is 0 Å². The summed E-state index contributed by atoms with van der Waals surface area (Å²) in [5, 5.41) is 11.7. The lowest BCUT2D eigenvalue weighted by molar-refractivity contribution is 0.0614. The number of hydrogen-bond acceptors (Lipinski definition) is 2. The Labute approximate surface area is 125 Å². The fraction of sp³-hybridized carbons (Fsp3) is 0.176. The zero-order valence-corrected chi connectivity index (χ0v) is 12.3. The van der Waals surface area contributed by atoms with Crippen LogP contribution in [0.1, 0.15) is 17.4 Å². The maximum atomic E-state index is 13.3. The number of rotatable bonds is 3. The molecule has 1 nitrogen and oxygen atoms in total. The van der Waals surface area contributed by atoms with E-state index in [0.717, 1.165) is 21.0 Å². The zero-order valence-electron chi connectivity index (χ0n) is 11.4. The van der Waals surface area contributed by atoms with E-state index in [2.05, 4.69) is 0 Å². The van der Waals surface area contributed by atoms with Crippen molar-refractivity contribution >= 4 is 21.4 Å². The molecule has 1 heterocycles. The Balaban J connectivity index is 1.95. The molecule has 3 rings (SSSR count). The highest BCUT2D eigenvalue weighted by molar-refractivity contribution is 7.19. The molecular weight excluding hydrogens is 290 g/mol. The first-order chi connectivity index (χ1) is 9.94. The van der Waals surface area contributed by atoms with Crippen LogP contribution in [-0.4, -0.2) is 5.11 Å². The van der Waals surface area contributed by atoms with Gasteiger partial charge in [0.25, 0.3) is 0 Å². The first-order valence-electron chi connectivity index (χ1n) is 6.60. The maximum Gasteiger partial charge on any atom is 0.126 e. The fourth-order valence-electron chi connectivity index (χ4n) is 2.44. The van der Waals surface area contributed by atoms with Crippen molar-refractivity contribution in [3.05, 3.63) is 70.6 Å². The molecule has 0 saturated carbocycles. The van der Waals surface area contributed by atoms with Gasteiger partial charge in [-0.15, -0.1) is 11.3 Å².